The van der Waals surface area contributed by atoms with Crippen molar-refractivity contribution in [3.05, 3.63) is 35.6 Å². The second kappa shape index (κ2) is 4.63. The maximum absolute atomic E-state index is 12.8. The minimum absolute atomic E-state index is 0.235. The Labute approximate surface area is 94.7 Å². The van der Waals surface area contributed by atoms with Gasteiger partial charge < -0.3 is 4.74 Å². The monoisotopic (exact) mass is 219 g/mol. The molecule has 1 fully saturated rings. The van der Waals surface area contributed by atoms with Gasteiger partial charge in [0, 0.05) is 13.2 Å². The van der Waals surface area contributed by atoms with Gasteiger partial charge in [-0.2, -0.15) is 5.26 Å². The Morgan fingerprint density at radius 2 is 1.88 bits per heavy atom. The molecule has 16 heavy (non-hydrogen) atoms. The quantitative estimate of drug-likeness (QED) is 0.766. The third-order valence-electron chi connectivity index (χ3n) is 3.14. The molecule has 0 bridgehead atoms. The molecule has 2 nitrogen and oxygen atoms in total. The molecule has 0 N–H and O–H groups in total. The summed E-state index contributed by atoms with van der Waals surface area (Å²) in [5.41, 5.74) is 0.695. The maximum atomic E-state index is 12.8. The molecule has 1 heterocycles. The summed E-state index contributed by atoms with van der Waals surface area (Å²) in [7, 11) is 0. The fourth-order valence-corrected chi connectivity index (χ4v) is 2.08. The summed E-state index contributed by atoms with van der Waals surface area (Å²) in [5.74, 6) is -0.235. The van der Waals surface area contributed by atoms with Crippen LogP contribution < -0.4 is 0 Å². The Kier molecular flexibility index (Phi) is 3.21. The second-order valence-electron chi connectivity index (χ2n) is 4.31. The van der Waals surface area contributed by atoms with Crippen molar-refractivity contribution >= 4 is 0 Å². The summed E-state index contributed by atoms with van der Waals surface area (Å²) in [6.45, 7) is 1.30. The van der Waals surface area contributed by atoms with Crippen LogP contribution in [0.4, 0.5) is 4.39 Å². The van der Waals surface area contributed by atoms with E-state index < -0.39 is 0 Å². The van der Waals surface area contributed by atoms with Crippen molar-refractivity contribution in [1.29, 1.82) is 5.26 Å². The molecule has 84 valence electrons. The van der Waals surface area contributed by atoms with E-state index in [1.165, 1.54) is 12.1 Å². The molecule has 0 amide bonds. The van der Waals surface area contributed by atoms with E-state index in [0.717, 1.165) is 18.4 Å². The fraction of sp³-hybridized carbons (Fsp3) is 0.462. The first-order valence-corrected chi connectivity index (χ1v) is 5.48. The summed E-state index contributed by atoms with van der Waals surface area (Å²) in [5, 5.41) is 9.28. The zero-order valence-corrected chi connectivity index (χ0v) is 9.08. The van der Waals surface area contributed by atoms with Gasteiger partial charge in [0.1, 0.15) is 5.82 Å². The van der Waals surface area contributed by atoms with Gasteiger partial charge in [0.05, 0.1) is 11.5 Å². The van der Waals surface area contributed by atoms with E-state index in [2.05, 4.69) is 6.07 Å². The number of nitrogens with zero attached hydrogens (tertiary/aromatic N) is 1. The highest BCUT2D eigenvalue weighted by Crippen LogP contribution is 2.33. The number of rotatable bonds is 2. The molecule has 0 saturated carbocycles. The van der Waals surface area contributed by atoms with Crippen molar-refractivity contribution in [1.82, 2.24) is 0 Å². The number of nitriles is 1. The molecular formula is C13H14FNO. The molecule has 0 unspecified atom stereocenters. The molecule has 0 atom stereocenters. The highest BCUT2D eigenvalue weighted by atomic mass is 19.1. The Bertz CT molecular complexity index is 387. The molecular weight excluding hydrogens is 205 g/mol. The lowest BCUT2D eigenvalue weighted by Crippen LogP contribution is -2.30. The summed E-state index contributed by atoms with van der Waals surface area (Å²) in [6, 6.07) is 8.80. The van der Waals surface area contributed by atoms with Gasteiger partial charge in [-0.15, -0.1) is 0 Å². The van der Waals surface area contributed by atoms with Gasteiger partial charge in [0.2, 0.25) is 0 Å². The van der Waals surface area contributed by atoms with Crippen LogP contribution in [0, 0.1) is 22.6 Å². The first-order chi connectivity index (χ1) is 7.74. The third-order valence-corrected chi connectivity index (χ3v) is 3.14. The van der Waals surface area contributed by atoms with Gasteiger partial charge in [-0.25, -0.2) is 4.39 Å². The van der Waals surface area contributed by atoms with Crippen LogP contribution in [0.2, 0.25) is 0 Å². The van der Waals surface area contributed by atoms with Crippen LogP contribution in [0.1, 0.15) is 18.4 Å². The van der Waals surface area contributed by atoms with E-state index >= 15 is 0 Å². The fourth-order valence-electron chi connectivity index (χ4n) is 2.08. The Balaban J connectivity index is 2.12. The number of halogens is 1. The summed E-state index contributed by atoms with van der Waals surface area (Å²) < 4.78 is 18.0. The number of hydrogen-bond acceptors (Lipinski definition) is 2. The van der Waals surface area contributed by atoms with Crippen LogP contribution in [-0.2, 0) is 11.2 Å². The zero-order valence-electron chi connectivity index (χ0n) is 9.08. The molecule has 1 aliphatic heterocycles. The van der Waals surface area contributed by atoms with Crippen molar-refractivity contribution in [3.63, 3.8) is 0 Å². The summed E-state index contributed by atoms with van der Waals surface area (Å²) in [6.07, 6.45) is 2.22. The first kappa shape index (κ1) is 11.1. The lowest BCUT2D eigenvalue weighted by atomic mass is 9.77. The Hall–Kier alpha value is -1.40. The number of benzene rings is 1. The topological polar surface area (TPSA) is 33.0 Å². The molecule has 2 rings (SSSR count). The van der Waals surface area contributed by atoms with E-state index in [1.54, 1.807) is 12.1 Å². The van der Waals surface area contributed by atoms with Gasteiger partial charge in [-0.05, 0) is 37.0 Å². The predicted octanol–water partition coefficient (Wildman–Crippen LogP) is 2.69. The van der Waals surface area contributed by atoms with Crippen LogP contribution in [-0.4, -0.2) is 13.2 Å². The minimum atomic E-state index is -0.323. The highest BCUT2D eigenvalue weighted by molar-refractivity contribution is 5.20. The van der Waals surface area contributed by atoms with E-state index in [1.807, 2.05) is 0 Å². The van der Waals surface area contributed by atoms with Crippen molar-refractivity contribution in [3.8, 4) is 6.07 Å². The third kappa shape index (κ3) is 2.40. The molecule has 1 saturated heterocycles. The smallest absolute Gasteiger partial charge is 0.123 e. The molecule has 1 aromatic rings. The van der Waals surface area contributed by atoms with Crippen LogP contribution in [0.3, 0.4) is 0 Å². The molecule has 0 aliphatic carbocycles. The van der Waals surface area contributed by atoms with Crippen molar-refractivity contribution in [2.24, 2.45) is 5.41 Å². The van der Waals surface area contributed by atoms with Gasteiger partial charge in [-0.3, -0.25) is 0 Å². The first-order valence-electron chi connectivity index (χ1n) is 5.48. The summed E-state index contributed by atoms with van der Waals surface area (Å²) >= 11 is 0. The predicted molar refractivity (Wildman–Crippen MR) is 58.2 cm³/mol. The van der Waals surface area contributed by atoms with Crippen LogP contribution in [0.5, 0.6) is 0 Å². The Morgan fingerprint density at radius 3 is 2.44 bits per heavy atom. The lowest BCUT2D eigenvalue weighted by molar-refractivity contribution is 0.0406. The van der Waals surface area contributed by atoms with E-state index in [-0.39, 0.29) is 11.2 Å². The maximum Gasteiger partial charge on any atom is 0.123 e. The molecule has 3 heteroatoms. The number of hydrogen-bond donors (Lipinski definition) is 0. The van der Waals surface area contributed by atoms with Gasteiger partial charge in [-0.1, -0.05) is 12.1 Å². The zero-order chi connectivity index (χ0) is 11.4. The van der Waals surface area contributed by atoms with E-state index in [0.29, 0.717) is 19.6 Å². The van der Waals surface area contributed by atoms with E-state index in [9.17, 15) is 9.65 Å². The average Bonchev–Trinajstić information content (AvgIpc) is 2.33. The molecule has 0 spiro atoms. The normalized spacial score (nSPS) is 19.0. The van der Waals surface area contributed by atoms with Crippen LogP contribution in [0.25, 0.3) is 0 Å². The van der Waals surface area contributed by atoms with Crippen LogP contribution >= 0.6 is 0 Å². The average molecular weight is 219 g/mol. The standard InChI is InChI=1S/C13H14FNO/c14-12-3-1-11(2-4-12)9-13(10-15)5-7-16-8-6-13/h1-4H,5-9H2. The molecule has 0 aromatic heterocycles. The molecule has 1 aliphatic rings. The van der Waals surface area contributed by atoms with Crippen molar-refractivity contribution in [2.45, 2.75) is 19.3 Å². The van der Waals surface area contributed by atoms with Gasteiger partial charge in [0.15, 0.2) is 0 Å². The van der Waals surface area contributed by atoms with Crippen molar-refractivity contribution < 1.29 is 9.13 Å². The van der Waals surface area contributed by atoms with Crippen LogP contribution in [0.15, 0.2) is 24.3 Å². The minimum Gasteiger partial charge on any atom is -0.381 e. The van der Waals surface area contributed by atoms with Gasteiger partial charge >= 0.3 is 0 Å². The molecule has 1 aromatic carbocycles. The summed E-state index contributed by atoms with van der Waals surface area (Å²) in [4.78, 5) is 0. The van der Waals surface area contributed by atoms with Gasteiger partial charge in [0.25, 0.3) is 0 Å². The number of ether oxygens (including phenoxy) is 1. The van der Waals surface area contributed by atoms with Crippen molar-refractivity contribution in [2.75, 3.05) is 13.2 Å². The lowest BCUT2D eigenvalue weighted by Gasteiger charge is -2.30. The SMILES string of the molecule is N#CC1(Cc2ccc(F)cc2)CCOCC1. The van der Waals surface area contributed by atoms with E-state index in [4.69, 9.17) is 4.74 Å². The second-order valence-corrected chi connectivity index (χ2v) is 4.31. The largest absolute Gasteiger partial charge is 0.381 e. The molecule has 0 radical (unpaired) electrons. The Morgan fingerprint density at radius 1 is 1.25 bits per heavy atom. The highest BCUT2D eigenvalue weighted by Gasteiger charge is 2.32.